The molecule has 0 saturated heterocycles. The summed E-state index contributed by atoms with van der Waals surface area (Å²) in [6.07, 6.45) is -4.88. The van der Waals surface area contributed by atoms with Gasteiger partial charge >= 0.3 is 0 Å². The van der Waals surface area contributed by atoms with Crippen LogP contribution in [0.3, 0.4) is 0 Å². The van der Waals surface area contributed by atoms with Gasteiger partial charge in [0.2, 0.25) is 0 Å². The van der Waals surface area contributed by atoms with Crippen molar-refractivity contribution in [1.29, 1.82) is 0 Å². The van der Waals surface area contributed by atoms with E-state index in [4.69, 9.17) is 20.4 Å². The van der Waals surface area contributed by atoms with Gasteiger partial charge in [0.15, 0.2) is 0 Å². The Labute approximate surface area is 143 Å². The number of nitrogens with zero attached hydrogens (tertiary/aromatic N) is 2. The number of aliphatic hydroxyl groups is 4. The van der Waals surface area contributed by atoms with Crippen molar-refractivity contribution in [3.8, 4) is 0 Å². The Morgan fingerprint density at radius 3 is 1.00 bits per heavy atom. The van der Waals surface area contributed by atoms with Crippen molar-refractivity contribution in [3.63, 3.8) is 0 Å². The Morgan fingerprint density at radius 2 is 0.958 bits per heavy atom. The molecule has 0 spiro atoms. The van der Waals surface area contributed by atoms with Crippen molar-refractivity contribution < 1.29 is 49.2 Å². The highest BCUT2D eigenvalue weighted by Crippen LogP contribution is 1.89. The van der Waals surface area contributed by atoms with Crippen LogP contribution < -0.4 is 10.2 Å². The highest BCUT2D eigenvalue weighted by molar-refractivity contribution is 5.80. The van der Waals surface area contributed by atoms with Gasteiger partial charge in [0.05, 0.1) is 67.4 Å². The van der Waals surface area contributed by atoms with Crippen LogP contribution in [0.4, 0.5) is 0 Å². The number of hydrogen-bond donors (Lipinski definition) is 4. The summed E-state index contributed by atoms with van der Waals surface area (Å²) in [5.74, 6) is -4.12. The molecule has 10 heteroatoms. The quantitative estimate of drug-likeness (QED) is 0.329. The lowest BCUT2D eigenvalue weighted by molar-refractivity contribution is -0.870. The fourth-order valence-corrected chi connectivity index (χ4v) is 0.858. The summed E-state index contributed by atoms with van der Waals surface area (Å²) < 4.78 is 1.69. The number of aliphatic carboxylic acids is 2. The topological polar surface area (TPSA) is 161 Å². The smallest absolute Gasteiger partial charge is 0.124 e. The molecule has 4 N–H and O–H groups in total. The van der Waals surface area contributed by atoms with Gasteiger partial charge in [-0.05, 0) is 0 Å². The minimum Gasteiger partial charge on any atom is -0.547 e. The third kappa shape index (κ3) is 23.0. The molecule has 24 heavy (non-hydrogen) atoms. The molecule has 0 radical (unpaired) electrons. The van der Waals surface area contributed by atoms with E-state index in [1.807, 2.05) is 0 Å². The number of carbonyl (C=O) groups is 2. The maximum Gasteiger partial charge on any atom is 0.124 e. The summed E-state index contributed by atoms with van der Waals surface area (Å²) in [5.41, 5.74) is 0. The normalized spacial score (nSPS) is 13.6. The summed E-state index contributed by atoms with van der Waals surface area (Å²) in [6, 6.07) is 0. The molecule has 0 aliphatic heterocycles. The van der Waals surface area contributed by atoms with Gasteiger partial charge in [-0.25, -0.2) is 0 Å². The fraction of sp³-hybridized carbons (Fsp3) is 0.857. The van der Waals surface area contributed by atoms with Gasteiger partial charge in [-0.2, -0.15) is 0 Å². The van der Waals surface area contributed by atoms with Gasteiger partial charge in [-0.1, -0.05) is 0 Å². The van der Waals surface area contributed by atoms with E-state index in [0.29, 0.717) is 0 Å². The van der Waals surface area contributed by atoms with Crippen LogP contribution in [0.15, 0.2) is 0 Å². The number of rotatable bonds is 7. The van der Waals surface area contributed by atoms with E-state index in [0.717, 1.165) is 22.1 Å². The van der Waals surface area contributed by atoms with Crippen LogP contribution in [-0.2, 0) is 9.59 Å². The van der Waals surface area contributed by atoms with Crippen LogP contribution in [0.25, 0.3) is 0 Å². The lowest BCUT2D eigenvalue weighted by Gasteiger charge is -2.21. The molecule has 146 valence electrons. The molecule has 0 fully saturated rings. The average Bonchev–Trinajstić information content (AvgIpc) is 2.35. The SMILES string of the molecule is C[N+](C)(C)CCO.C[N+](C)(C)CCO.O=C([O-])[C@H](O)[C@@H](O)C(=O)[O-]. The highest BCUT2D eigenvalue weighted by Gasteiger charge is 2.17. The molecule has 0 saturated carbocycles. The fourth-order valence-electron chi connectivity index (χ4n) is 0.858. The zero-order chi connectivity index (χ0) is 20.1. The van der Waals surface area contributed by atoms with Crippen molar-refractivity contribution in [2.24, 2.45) is 0 Å². The van der Waals surface area contributed by atoms with E-state index in [-0.39, 0.29) is 13.2 Å². The molecule has 0 bridgehead atoms. The molecule has 0 aliphatic carbocycles. The Morgan fingerprint density at radius 1 is 0.750 bits per heavy atom. The lowest BCUT2D eigenvalue weighted by Crippen LogP contribution is -2.51. The Balaban J connectivity index is -0.000000283. The second-order valence-electron chi connectivity index (χ2n) is 7.00. The van der Waals surface area contributed by atoms with Crippen molar-refractivity contribution >= 4 is 11.9 Å². The van der Waals surface area contributed by atoms with E-state index in [2.05, 4.69) is 42.3 Å². The standard InChI is InChI=1S/2C5H14NO.C4H6O6/c2*1-6(2,3)4-5-7;5-1(3(7)8)2(6)4(9)10/h2*7H,4-5H2,1-3H3;1-2,5-6H,(H,7,8)(H,9,10)/q2*+1;/p-2/t;;1-,2-/m..1/s1. The molecular weight excluding hydrogens is 324 g/mol. The second-order valence-corrected chi connectivity index (χ2v) is 7.00. The van der Waals surface area contributed by atoms with Gasteiger partial charge in [0.25, 0.3) is 0 Å². The summed E-state index contributed by atoms with van der Waals surface area (Å²) in [6.45, 7) is 2.23. The van der Waals surface area contributed by atoms with Crippen LogP contribution in [0.5, 0.6) is 0 Å². The van der Waals surface area contributed by atoms with E-state index in [9.17, 15) is 19.8 Å². The molecule has 0 aromatic heterocycles. The number of aliphatic hydroxyl groups excluding tert-OH is 4. The van der Waals surface area contributed by atoms with Crippen molar-refractivity contribution in [1.82, 2.24) is 0 Å². The Hall–Kier alpha value is -1.30. The first kappa shape index (κ1) is 27.5. The molecule has 0 unspecified atom stereocenters. The zero-order valence-electron chi connectivity index (χ0n) is 15.3. The van der Waals surface area contributed by atoms with Crippen LogP contribution in [0, 0.1) is 0 Å². The van der Waals surface area contributed by atoms with E-state index in [1.54, 1.807) is 0 Å². The number of likely N-dealkylation sites (N-methyl/N-ethyl adjacent to an activating group) is 2. The maximum atomic E-state index is 9.63. The predicted molar refractivity (Wildman–Crippen MR) is 82.0 cm³/mol. The van der Waals surface area contributed by atoms with Crippen LogP contribution in [-0.4, -0.2) is 122 Å². The third-order valence-electron chi connectivity index (χ3n) is 2.32. The molecule has 0 aromatic rings. The van der Waals surface area contributed by atoms with Gasteiger partial charge < -0.3 is 49.2 Å². The van der Waals surface area contributed by atoms with Crippen LogP contribution in [0.1, 0.15) is 0 Å². The number of carboxylic acids is 2. The van der Waals surface area contributed by atoms with E-state index in [1.165, 1.54) is 0 Å². The third-order valence-corrected chi connectivity index (χ3v) is 2.32. The van der Waals surface area contributed by atoms with Gasteiger partial charge in [-0.3, -0.25) is 0 Å². The largest absolute Gasteiger partial charge is 0.547 e. The van der Waals surface area contributed by atoms with Gasteiger partial charge in [0, 0.05) is 0 Å². The maximum absolute atomic E-state index is 9.63. The Bertz CT molecular complexity index is 316. The molecule has 2 atom stereocenters. The van der Waals surface area contributed by atoms with E-state index >= 15 is 0 Å². The number of carbonyl (C=O) groups excluding carboxylic acids is 2. The summed E-state index contributed by atoms with van der Waals surface area (Å²) in [7, 11) is 12.3. The number of carboxylic acid groups (broad SMARTS) is 2. The summed E-state index contributed by atoms with van der Waals surface area (Å²) >= 11 is 0. The summed E-state index contributed by atoms with van der Waals surface area (Å²) in [5, 5.41) is 52.5. The molecule has 0 aromatic carbocycles. The number of quaternary nitrogens is 2. The van der Waals surface area contributed by atoms with Gasteiger partial charge in [0.1, 0.15) is 25.3 Å². The predicted octanol–water partition coefficient (Wildman–Crippen LogP) is -5.42. The molecule has 0 aliphatic rings. The first-order chi connectivity index (χ1) is 10.6. The van der Waals surface area contributed by atoms with Crippen molar-refractivity contribution in [3.05, 3.63) is 0 Å². The molecule has 0 amide bonds. The molecule has 10 nitrogen and oxygen atoms in total. The monoisotopic (exact) mass is 356 g/mol. The minimum absolute atomic E-state index is 0.281. The summed E-state index contributed by atoms with van der Waals surface area (Å²) in [4.78, 5) is 19.3. The van der Waals surface area contributed by atoms with Gasteiger partial charge in [-0.15, -0.1) is 0 Å². The molecular formula is C14H32N2O8. The lowest BCUT2D eigenvalue weighted by atomic mass is 10.2. The van der Waals surface area contributed by atoms with E-state index < -0.39 is 24.1 Å². The van der Waals surface area contributed by atoms with Crippen molar-refractivity contribution in [2.75, 3.05) is 68.6 Å². The second kappa shape index (κ2) is 13.0. The van der Waals surface area contributed by atoms with Crippen LogP contribution >= 0.6 is 0 Å². The average molecular weight is 356 g/mol. The molecule has 0 heterocycles. The number of hydrogen-bond acceptors (Lipinski definition) is 8. The minimum atomic E-state index is -2.44. The Kier molecular flexibility index (Phi) is 15.0. The highest BCUT2D eigenvalue weighted by atomic mass is 16.4. The first-order valence-corrected chi connectivity index (χ1v) is 7.19. The zero-order valence-corrected chi connectivity index (χ0v) is 15.3. The first-order valence-electron chi connectivity index (χ1n) is 7.19. The van der Waals surface area contributed by atoms with Crippen molar-refractivity contribution in [2.45, 2.75) is 12.2 Å². The molecule has 0 rings (SSSR count). The van der Waals surface area contributed by atoms with Crippen LogP contribution in [0.2, 0.25) is 0 Å².